The van der Waals surface area contributed by atoms with Crippen molar-refractivity contribution in [3.63, 3.8) is 0 Å². The Kier molecular flexibility index (Phi) is 4.54. The normalized spacial score (nSPS) is 24.0. The molecule has 3 rings (SSSR count). The Morgan fingerprint density at radius 2 is 2.05 bits per heavy atom. The van der Waals surface area contributed by atoms with Crippen molar-refractivity contribution in [2.45, 2.75) is 31.8 Å². The van der Waals surface area contributed by atoms with Crippen molar-refractivity contribution in [2.24, 2.45) is 0 Å². The first-order valence-corrected chi connectivity index (χ1v) is 9.30. The smallest absolute Gasteiger partial charge is 0.281 e. The molecule has 0 saturated carbocycles. The van der Waals surface area contributed by atoms with Gasteiger partial charge in [-0.15, -0.1) is 0 Å². The highest BCUT2D eigenvalue weighted by Gasteiger charge is 2.34. The van der Waals surface area contributed by atoms with Gasteiger partial charge in [0.1, 0.15) is 0 Å². The van der Waals surface area contributed by atoms with Crippen LogP contribution in [0.5, 0.6) is 0 Å². The molecule has 124 valence electrons. The quantitative estimate of drug-likeness (QED) is 0.792. The molecular weight excluding hydrogens is 302 g/mol. The second kappa shape index (κ2) is 6.27. The zero-order valence-electron chi connectivity index (χ0n) is 13.3. The van der Waals surface area contributed by atoms with Gasteiger partial charge < -0.3 is 4.90 Å². The molecule has 1 aromatic rings. The molecule has 1 aromatic heterocycles. The van der Waals surface area contributed by atoms with E-state index < -0.39 is 10.2 Å². The van der Waals surface area contributed by atoms with Crippen LogP contribution in [-0.2, 0) is 16.8 Å². The lowest BCUT2D eigenvalue weighted by Crippen LogP contribution is -2.46. The van der Waals surface area contributed by atoms with Gasteiger partial charge in [-0.25, -0.2) is 0 Å². The molecule has 2 aliphatic heterocycles. The standard InChI is InChI=1S/C14H25N5O2S/c1-16(2)22(20,21)18-11-13-5-7-15-19(13)14(12-18)6-10-17-8-3-4-9-17/h5,7,14H,3-4,6,8-12H2,1-2H3. The van der Waals surface area contributed by atoms with Crippen molar-refractivity contribution in [1.29, 1.82) is 0 Å². The van der Waals surface area contributed by atoms with Crippen LogP contribution in [0.1, 0.15) is 31.0 Å². The maximum atomic E-state index is 12.4. The van der Waals surface area contributed by atoms with Crippen LogP contribution in [0.2, 0.25) is 0 Å². The highest BCUT2D eigenvalue weighted by molar-refractivity contribution is 7.86. The lowest BCUT2D eigenvalue weighted by molar-refractivity contribution is 0.220. The molecule has 1 atom stereocenters. The lowest BCUT2D eigenvalue weighted by Gasteiger charge is -2.35. The second-order valence-corrected chi connectivity index (χ2v) is 8.48. The molecule has 1 fully saturated rings. The third kappa shape index (κ3) is 3.05. The average Bonchev–Trinajstić information content (AvgIpc) is 3.15. The molecule has 2 aliphatic rings. The molecule has 0 bridgehead atoms. The fourth-order valence-electron chi connectivity index (χ4n) is 3.31. The molecule has 7 nitrogen and oxygen atoms in total. The molecule has 0 aliphatic carbocycles. The van der Waals surface area contributed by atoms with Crippen LogP contribution in [0.3, 0.4) is 0 Å². The number of nitrogens with zero attached hydrogens (tertiary/aromatic N) is 5. The summed E-state index contributed by atoms with van der Waals surface area (Å²) in [7, 11) is -0.211. The van der Waals surface area contributed by atoms with Crippen LogP contribution >= 0.6 is 0 Å². The van der Waals surface area contributed by atoms with E-state index >= 15 is 0 Å². The fraction of sp³-hybridized carbons (Fsp3) is 0.786. The first-order chi connectivity index (χ1) is 10.5. The van der Waals surface area contributed by atoms with E-state index in [9.17, 15) is 8.42 Å². The highest BCUT2D eigenvalue weighted by Crippen LogP contribution is 2.26. The van der Waals surface area contributed by atoms with Crippen LogP contribution in [0, 0.1) is 0 Å². The largest absolute Gasteiger partial charge is 0.303 e. The fourth-order valence-corrected chi connectivity index (χ4v) is 4.43. The van der Waals surface area contributed by atoms with E-state index in [0.717, 1.165) is 18.7 Å². The summed E-state index contributed by atoms with van der Waals surface area (Å²) in [4.78, 5) is 2.46. The molecule has 0 amide bonds. The highest BCUT2D eigenvalue weighted by atomic mass is 32.2. The minimum atomic E-state index is -3.38. The Balaban J connectivity index is 1.74. The first-order valence-electron chi connectivity index (χ1n) is 7.91. The summed E-state index contributed by atoms with van der Waals surface area (Å²) in [5.41, 5.74) is 0.975. The van der Waals surface area contributed by atoms with Gasteiger partial charge in [0.15, 0.2) is 0 Å². The van der Waals surface area contributed by atoms with Crippen LogP contribution in [-0.4, -0.2) is 72.0 Å². The van der Waals surface area contributed by atoms with Crippen LogP contribution < -0.4 is 0 Å². The summed E-state index contributed by atoms with van der Waals surface area (Å²) >= 11 is 0. The zero-order chi connectivity index (χ0) is 15.7. The van der Waals surface area contributed by atoms with E-state index in [1.165, 1.54) is 30.2 Å². The van der Waals surface area contributed by atoms with Crippen molar-refractivity contribution in [1.82, 2.24) is 23.3 Å². The maximum absolute atomic E-state index is 12.4. The van der Waals surface area contributed by atoms with Crippen LogP contribution in [0.15, 0.2) is 12.3 Å². The van der Waals surface area contributed by atoms with Crippen LogP contribution in [0.25, 0.3) is 0 Å². The number of aromatic nitrogens is 2. The van der Waals surface area contributed by atoms with E-state index in [1.54, 1.807) is 24.6 Å². The summed E-state index contributed by atoms with van der Waals surface area (Å²) in [6.45, 7) is 4.25. The van der Waals surface area contributed by atoms with Gasteiger partial charge in [-0.1, -0.05) is 0 Å². The van der Waals surface area contributed by atoms with Gasteiger partial charge in [0.2, 0.25) is 0 Å². The third-order valence-corrected chi connectivity index (χ3v) is 6.47. The number of hydrogen-bond donors (Lipinski definition) is 0. The van der Waals surface area contributed by atoms with Crippen molar-refractivity contribution >= 4 is 10.2 Å². The van der Waals surface area contributed by atoms with E-state index in [2.05, 4.69) is 10.00 Å². The summed E-state index contributed by atoms with van der Waals surface area (Å²) in [6.07, 6.45) is 5.26. The number of hydrogen-bond acceptors (Lipinski definition) is 4. The zero-order valence-corrected chi connectivity index (χ0v) is 14.2. The van der Waals surface area contributed by atoms with Crippen LogP contribution in [0.4, 0.5) is 0 Å². The van der Waals surface area contributed by atoms with Gasteiger partial charge in [-0.05, 0) is 38.4 Å². The number of rotatable bonds is 5. The Morgan fingerprint density at radius 3 is 2.73 bits per heavy atom. The maximum Gasteiger partial charge on any atom is 0.281 e. The van der Waals surface area contributed by atoms with Gasteiger partial charge in [0.25, 0.3) is 10.2 Å². The van der Waals surface area contributed by atoms with Crippen molar-refractivity contribution in [2.75, 3.05) is 40.3 Å². The molecule has 3 heterocycles. The second-order valence-electron chi connectivity index (χ2n) is 6.34. The minimum absolute atomic E-state index is 0.120. The number of fused-ring (bicyclic) bond motifs is 1. The van der Waals surface area contributed by atoms with Crippen molar-refractivity contribution < 1.29 is 8.42 Å². The van der Waals surface area contributed by atoms with E-state index in [0.29, 0.717) is 13.1 Å². The summed E-state index contributed by atoms with van der Waals surface area (Å²) in [6, 6.07) is 2.04. The van der Waals surface area contributed by atoms with E-state index in [4.69, 9.17) is 0 Å². The summed E-state index contributed by atoms with van der Waals surface area (Å²) in [5, 5.41) is 4.41. The minimum Gasteiger partial charge on any atom is -0.303 e. The molecule has 22 heavy (non-hydrogen) atoms. The first kappa shape index (κ1) is 15.9. The molecular formula is C14H25N5O2S. The van der Waals surface area contributed by atoms with Gasteiger partial charge in [-0.3, -0.25) is 4.68 Å². The van der Waals surface area contributed by atoms with Gasteiger partial charge in [-0.2, -0.15) is 22.1 Å². The monoisotopic (exact) mass is 327 g/mol. The summed E-state index contributed by atoms with van der Waals surface area (Å²) < 4.78 is 29.7. The topological polar surface area (TPSA) is 61.7 Å². The Morgan fingerprint density at radius 1 is 1.32 bits per heavy atom. The van der Waals surface area contributed by atoms with Crippen molar-refractivity contribution in [3.05, 3.63) is 18.0 Å². The Hall–Kier alpha value is -0.960. The van der Waals surface area contributed by atoms with E-state index in [1.807, 2.05) is 10.7 Å². The number of likely N-dealkylation sites (tertiary alicyclic amines) is 1. The van der Waals surface area contributed by atoms with E-state index in [-0.39, 0.29) is 6.04 Å². The SMILES string of the molecule is CN(C)S(=O)(=O)N1Cc2ccnn2C(CCN2CCCC2)C1. The Bertz CT molecular complexity index is 607. The third-order valence-electron chi connectivity index (χ3n) is 4.62. The van der Waals surface area contributed by atoms with Gasteiger partial charge >= 0.3 is 0 Å². The molecule has 1 unspecified atom stereocenters. The predicted molar refractivity (Wildman–Crippen MR) is 84.6 cm³/mol. The summed E-state index contributed by atoms with van der Waals surface area (Å²) in [5.74, 6) is 0. The van der Waals surface area contributed by atoms with Crippen molar-refractivity contribution in [3.8, 4) is 0 Å². The van der Waals surface area contributed by atoms with Gasteiger partial charge in [0, 0.05) is 33.4 Å². The molecule has 8 heteroatoms. The Labute approximate surface area is 132 Å². The average molecular weight is 327 g/mol. The molecule has 1 saturated heterocycles. The predicted octanol–water partition coefficient (Wildman–Crippen LogP) is 0.532. The van der Waals surface area contributed by atoms with Gasteiger partial charge in [0.05, 0.1) is 18.3 Å². The molecule has 0 aromatic carbocycles. The lowest BCUT2D eigenvalue weighted by atomic mass is 10.1. The molecule has 0 radical (unpaired) electrons. The molecule has 0 N–H and O–H groups in total. The molecule has 0 spiro atoms.